The van der Waals surface area contributed by atoms with Crippen LogP contribution in [0.2, 0.25) is 0 Å². The van der Waals surface area contributed by atoms with Gasteiger partial charge in [0.15, 0.2) is 0 Å². The van der Waals surface area contributed by atoms with Crippen molar-refractivity contribution < 1.29 is 14.3 Å². The van der Waals surface area contributed by atoms with E-state index in [1.165, 1.54) is 0 Å². The van der Waals surface area contributed by atoms with Crippen LogP contribution in [0.1, 0.15) is 35.8 Å². The zero-order chi connectivity index (χ0) is 28.2. The van der Waals surface area contributed by atoms with Crippen molar-refractivity contribution in [1.29, 1.82) is 0 Å². The van der Waals surface area contributed by atoms with Gasteiger partial charge in [0.2, 0.25) is 11.8 Å². The number of rotatable bonds is 8. The van der Waals surface area contributed by atoms with E-state index < -0.39 is 0 Å². The molecule has 40 heavy (non-hydrogen) atoms. The monoisotopic (exact) mass is 554 g/mol. The Hall–Kier alpha value is -4.04. The number of hydrogen-bond donors (Lipinski definition) is 1. The zero-order valence-electron chi connectivity index (χ0n) is 23.3. The highest BCUT2D eigenvalue weighted by Crippen LogP contribution is 2.48. The van der Waals surface area contributed by atoms with Crippen LogP contribution in [0.5, 0.6) is 5.75 Å². The number of hydrogen-bond acceptors (Lipinski definition) is 5. The third-order valence-electron chi connectivity index (χ3n) is 6.81. The first-order valence-corrected chi connectivity index (χ1v) is 14.5. The molecule has 0 fully saturated rings. The van der Waals surface area contributed by atoms with Crippen LogP contribution in [0.3, 0.4) is 0 Å². The molecule has 0 aliphatic carbocycles. The molecule has 0 spiro atoms. The molecular formula is C32H34N4O3S. The van der Waals surface area contributed by atoms with Gasteiger partial charge in [-0.25, -0.2) is 4.68 Å². The summed E-state index contributed by atoms with van der Waals surface area (Å²) in [6.45, 7) is 6.62. The third kappa shape index (κ3) is 5.77. The fraction of sp³-hybridized carbons (Fsp3) is 0.281. The molecule has 1 unspecified atom stereocenters. The van der Waals surface area contributed by atoms with Gasteiger partial charge in [-0.1, -0.05) is 74.0 Å². The second kappa shape index (κ2) is 12.0. The maximum absolute atomic E-state index is 13.8. The first-order valence-electron chi connectivity index (χ1n) is 13.4. The maximum atomic E-state index is 13.8. The van der Waals surface area contributed by atoms with Gasteiger partial charge in [0.1, 0.15) is 18.1 Å². The normalized spacial score (nSPS) is 15.1. The predicted octanol–water partition coefficient (Wildman–Crippen LogP) is 5.80. The van der Waals surface area contributed by atoms with Crippen molar-refractivity contribution >= 4 is 29.4 Å². The molecule has 7 nitrogen and oxygen atoms in total. The number of amides is 2. The van der Waals surface area contributed by atoms with Crippen LogP contribution in [0, 0.1) is 12.8 Å². The average molecular weight is 555 g/mol. The Bertz CT molecular complexity index is 1500. The molecule has 1 aliphatic heterocycles. The Morgan fingerprint density at radius 3 is 2.50 bits per heavy atom. The summed E-state index contributed by atoms with van der Waals surface area (Å²) < 4.78 is 7.19. The van der Waals surface area contributed by atoms with Crippen LogP contribution in [0.25, 0.3) is 16.9 Å². The molecule has 1 N–H and O–H groups in total. The van der Waals surface area contributed by atoms with Gasteiger partial charge in [-0.3, -0.25) is 14.5 Å². The van der Waals surface area contributed by atoms with Crippen molar-refractivity contribution in [2.75, 3.05) is 30.9 Å². The summed E-state index contributed by atoms with van der Waals surface area (Å²) >= 11 is 1.57. The average Bonchev–Trinajstić information content (AvgIpc) is 3.29. The van der Waals surface area contributed by atoms with Gasteiger partial charge in [-0.05, 0) is 42.7 Å². The van der Waals surface area contributed by atoms with E-state index in [0.717, 1.165) is 39.4 Å². The molecule has 1 atom stereocenters. The largest absolute Gasteiger partial charge is 0.497 e. The summed E-state index contributed by atoms with van der Waals surface area (Å²) in [4.78, 5) is 28.5. The molecule has 5 rings (SSSR count). The Morgan fingerprint density at radius 1 is 1.07 bits per heavy atom. The van der Waals surface area contributed by atoms with E-state index in [1.807, 2.05) is 74.5 Å². The number of benzene rings is 3. The van der Waals surface area contributed by atoms with Gasteiger partial charge in [-0.15, -0.1) is 11.8 Å². The lowest BCUT2D eigenvalue weighted by atomic mass is 9.98. The van der Waals surface area contributed by atoms with Gasteiger partial charge in [0.05, 0.1) is 29.5 Å². The van der Waals surface area contributed by atoms with E-state index >= 15 is 0 Å². The number of nitrogens with zero attached hydrogens (tertiary/aromatic N) is 3. The predicted molar refractivity (Wildman–Crippen MR) is 161 cm³/mol. The molecular weight excluding hydrogens is 520 g/mol. The number of aromatic nitrogens is 2. The van der Waals surface area contributed by atoms with Crippen molar-refractivity contribution in [3.8, 4) is 22.7 Å². The molecule has 0 bridgehead atoms. The van der Waals surface area contributed by atoms with Crippen LogP contribution in [-0.4, -0.2) is 47.5 Å². The van der Waals surface area contributed by atoms with E-state index in [0.29, 0.717) is 18.3 Å². The lowest BCUT2D eigenvalue weighted by molar-refractivity contribution is -0.123. The number of carbonyl (C=O) groups is 2. The lowest BCUT2D eigenvalue weighted by Gasteiger charge is -2.23. The summed E-state index contributed by atoms with van der Waals surface area (Å²) in [6, 6.07) is 26.0. The van der Waals surface area contributed by atoms with Crippen LogP contribution >= 0.6 is 11.8 Å². The fourth-order valence-corrected chi connectivity index (χ4v) is 6.03. The number of carbonyl (C=O) groups excluding carboxylic acids is 2. The quantitative estimate of drug-likeness (QED) is 0.298. The molecule has 4 aromatic rings. The van der Waals surface area contributed by atoms with Gasteiger partial charge >= 0.3 is 0 Å². The SMILES string of the molecule is COc1ccc(-n2nc(-c3ccccc3)c3c2N(CC(=O)NCC(C)C)C(=O)CSC3c2cccc(C)c2)cc1. The van der Waals surface area contributed by atoms with Gasteiger partial charge < -0.3 is 10.1 Å². The van der Waals surface area contributed by atoms with Gasteiger partial charge in [0, 0.05) is 17.7 Å². The van der Waals surface area contributed by atoms with Crippen LogP contribution in [0.4, 0.5) is 5.82 Å². The number of methoxy groups -OCH3 is 1. The smallest absolute Gasteiger partial charge is 0.240 e. The minimum atomic E-state index is -0.198. The first-order chi connectivity index (χ1) is 19.4. The summed E-state index contributed by atoms with van der Waals surface area (Å²) in [5.74, 6) is 1.55. The van der Waals surface area contributed by atoms with Crippen molar-refractivity contribution in [1.82, 2.24) is 15.1 Å². The minimum absolute atomic E-state index is 0.0876. The molecule has 3 aromatic carbocycles. The number of anilines is 1. The summed E-state index contributed by atoms with van der Waals surface area (Å²) in [6.07, 6.45) is 0. The molecule has 0 saturated carbocycles. The van der Waals surface area contributed by atoms with Crippen LogP contribution in [0.15, 0.2) is 78.9 Å². The van der Waals surface area contributed by atoms with Gasteiger partial charge in [-0.2, -0.15) is 5.10 Å². The molecule has 2 heterocycles. The lowest BCUT2D eigenvalue weighted by Crippen LogP contribution is -2.43. The van der Waals surface area contributed by atoms with Crippen molar-refractivity contribution in [3.63, 3.8) is 0 Å². The number of thioether (sulfide) groups is 1. The number of ether oxygens (including phenoxy) is 1. The topological polar surface area (TPSA) is 76.5 Å². The summed E-state index contributed by atoms with van der Waals surface area (Å²) in [7, 11) is 1.63. The number of aryl methyl sites for hydroxylation is 1. The molecule has 206 valence electrons. The second-order valence-electron chi connectivity index (χ2n) is 10.3. The highest BCUT2D eigenvalue weighted by atomic mass is 32.2. The highest BCUT2D eigenvalue weighted by Gasteiger charge is 2.37. The van der Waals surface area contributed by atoms with E-state index in [2.05, 4.69) is 30.4 Å². The Morgan fingerprint density at radius 2 is 1.82 bits per heavy atom. The Kier molecular flexibility index (Phi) is 8.26. The standard InChI is InChI=1S/C32H34N4O3S/c1-21(2)18-33-27(37)19-35-28(38)20-40-31(24-12-8-9-22(3)17-24)29-30(23-10-6-5-7-11-23)34-36(32(29)35)25-13-15-26(39-4)16-14-25/h5-17,21,31H,18-20H2,1-4H3,(H,33,37). The molecule has 1 aromatic heterocycles. The fourth-order valence-electron chi connectivity index (χ4n) is 4.85. The van der Waals surface area contributed by atoms with Crippen LogP contribution < -0.4 is 15.0 Å². The number of fused-ring (bicyclic) bond motifs is 1. The first kappa shape index (κ1) is 27.5. The molecule has 8 heteroatoms. The summed E-state index contributed by atoms with van der Waals surface area (Å²) in [5.41, 5.74) is 5.66. The Labute approximate surface area is 239 Å². The van der Waals surface area contributed by atoms with E-state index in [4.69, 9.17) is 9.84 Å². The van der Waals surface area contributed by atoms with Crippen molar-refractivity contribution in [3.05, 3.63) is 95.6 Å². The zero-order valence-corrected chi connectivity index (χ0v) is 24.1. The van der Waals surface area contributed by atoms with Crippen molar-refractivity contribution in [2.45, 2.75) is 26.0 Å². The van der Waals surface area contributed by atoms with E-state index in [-0.39, 0.29) is 29.4 Å². The van der Waals surface area contributed by atoms with Crippen LogP contribution in [-0.2, 0) is 9.59 Å². The minimum Gasteiger partial charge on any atom is -0.497 e. The Balaban J connectivity index is 1.76. The van der Waals surface area contributed by atoms with Crippen molar-refractivity contribution in [2.24, 2.45) is 5.92 Å². The molecule has 0 saturated heterocycles. The molecule has 0 radical (unpaired) electrons. The maximum Gasteiger partial charge on any atom is 0.240 e. The van der Waals surface area contributed by atoms with E-state index in [1.54, 1.807) is 28.5 Å². The number of nitrogens with one attached hydrogen (secondary N) is 1. The summed E-state index contributed by atoms with van der Waals surface area (Å²) in [5, 5.41) is 7.95. The third-order valence-corrected chi connectivity index (χ3v) is 8.06. The second-order valence-corrected chi connectivity index (χ2v) is 11.4. The molecule has 2 amide bonds. The molecule has 1 aliphatic rings. The van der Waals surface area contributed by atoms with E-state index in [9.17, 15) is 9.59 Å². The highest BCUT2D eigenvalue weighted by molar-refractivity contribution is 8.00. The van der Waals surface area contributed by atoms with Gasteiger partial charge in [0.25, 0.3) is 0 Å².